The lowest BCUT2D eigenvalue weighted by Crippen LogP contribution is -2.60. The predicted molar refractivity (Wildman–Crippen MR) is 87.7 cm³/mol. The number of thioether (sulfide) groups is 1. The van der Waals surface area contributed by atoms with Gasteiger partial charge in [0.05, 0.1) is 22.7 Å². The highest BCUT2D eigenvalue weighted by molar-refractivity contribution is 8.01. The van der Waals surface area contributed by atoms with Crippen LogP contribution in [0, 0.1) is 5.92 Å². The van der Waals surface area contributed by atoms with Crippen LogP contribution in [0.4, 0.5) is 0 Å². The molecular weight excluding hydrogens is 314 g/mol. The molecule has 4 rings (SSSR count). The van der Waals surface area contributed by atoms with Crippen LogP contribution in [0.1, 0.15) is 29.6 Å². The molecule has 1 atom stereocenters. The van der Waals surface area contributed by atoms with Crippen molar-refractivity contribution in [2.75, 3.05) is 38.7 Å². The van der Waals surface area contributed by atoms with Crippen LogP contribution >= 0.6 is 11.8 Å². The average molecular weight is 337 g/mol. The normalized spacial score (nSPS) is 27.3. The number of likely N-dealkylation sites (tertiary alicyclic amines) is 1. The van der Waals surface area contributed by atoms with Gasteiger partial charge in [-0.15, -0.1) is 11.8 Å². The molecule has 23 heavy (non-hydrogen) atoms. The Bertz CT molecular complexity index is 535. The lowest BCUT2D eigenvalue weighted by Gasteiger charge is -2.47. The maximum atomic E-state index is 12.3. The van der Waals surface area contributed by atoms with E-state index in [0.717, 1.165) is 57.9 Å². The van der Waals surface area contributed by atoms with Gasteiger partial charge >= 0.3 is 0 Å². The lowest BCUT2D eigenvalue weighted by atomic mass is 9.92. The van der Waals surface area contributed by atoms with Gasteiger partial charge < -0.3 is 18.8 Å². The van der Waals surface area contributed by atoms with Crippen molar-refractivity contribution in [3.05, 3.63) is 24.2 Å². The fourth-order valence-corrected chi connectivity index (χ4v) is 5.23. The van der Waals surface area contributed by atoms with Crippen LogP contribution < -0.4 is 0 Å². The molecule has 0 aromatic carbocycles. The molecule has 3 fully saturated rings. The second-order valence-electron chi connectivity index (χ2n) is 6.88. The molecule has 3 aliphatic heterocycles. The van der Waals surface area contributed by atoms with Crippen LogP contribution in [-0.2, 0) is 9.47 Å². The summed E-state index contributed by atoms with van der Waals surface area (Å²) in [6.45, 7) is 4.28. The summed E-state index contributed by atoms with van der Waals surface area (Å²) in [4.78, 5) is 14.2. The molecule has 5 nitrogen and oxygen atoms in total. The monoisotopic (exact) mass is 337 g/mol. The van der Waals surface area contributed by atoms with E-state index in [-0.39, 0.29) is 10.7 Å². The molecule has 1 unspecified atom stereocenters. The Balaban J connectivity index is 1.23. The van der Waals surface area contributed by atoms with Crippen LogP contribution in [-0.4, -0.2) is 60.3 Å². The molecule has 0 N–H and O–H groups in total. The van der Waals surface area contributed by atoms with E-state index in [4.69, 9.17) is 13.9 Å². The van der Waals surface area contributed by atoms with Crippen molar-refractivity contribution in [1.29, 1.82) is 0 Å². The van der Waals surface area contributed by atoms with E-state index in [1.54, 1.807) is 12.3 Å². The molecule has 0 bridgehead atoms. The van der Waals surface area contributed by atoms with Gasteiger partial charge in [0.1, 0.15) is 6.26 Å². The maximum absolute atomic E-state index is 12.3. The molecule has 1 spiro atoms. The Hall–Kier alpha value is -0.980. The second kappa shape index (κ2) is 6.49. The molecule has 0 aliphatic carbocycles. The Morgan fingerprint density at radius 3 is 2.96 bits per heavy atom. The third-order valence-electron chi connectivity index (χ3n) is 5.10. The van der Waals surface area contributed by atoms with Crippen molar-refractivity contribution in [2.24, 2.45) is 5.92 Å². The summed E-state index contributed by atoms with van der Waals surface area (Å²) < 4.78 is 16.8. The average Bonchev–Trinajstić information content (AvgIpc) is 3.22. The van der Waals surface area contributed by atoms with Crippen LogP contribution in [0.2, 0.25) is 0 Å². The van der Waals surface area contributed by atoms with Crippen molar-refractivity contribution >= 4 is 17.7 Å². The Morgan fingerprint density at radius 1 is 1.39 bits per heavy atom. The van der Waals surface area contributed by atoms with Crippen LogP contribution in [0.25, 0.3) is 0 Å². The largest absolute Gasteiger partial charge is 0.472 e. The standard InChI is InChI=1S/C17H23NO4S/c19-16(14-3-6-21-9-14)18-11-17(12-18)7-15(10-23-17)22-8-13-1-4-20-5-2-13/h3,6,9,13,15H,1-2,4-5,7-8,10-12H2. The summed E-state index contributed by atoms with van der Waals surface area (Å²) in [6, 6.07) is 1.73. The number of carbonyl (C=O) groups excluding carboxylic acids is 1. The number of carbonyl (C=O) groups is 1. The SMILES string of the molecule is O=C(c1ccoc1)N1CC2(CC(OCC3CCOCC3)CS2)C1. The van der Waals surface area contributed by atoms with Crippen molar-refractivity contribution in [2.45, 2.75) is 30.1 Å². The van der Waals surface area contributed by atoms with Gasteiger partial charge in [-0.1, -0.05) is 0 Å². The minimum Gasteiger partial charge on any atom is -0.472 e. The molecule has 4 heterocycles. The summed E-state index contributed by atoms with van der Waals surface area (Å²) in [7, 11) is 0. The summed E-state index contributed by atoms with van der Waals surface area (Å²) >= 11 is 1.98. The third kappa shape index (κ3) is 3.30. The first-order chi connectivity index (χ1) is 11.2. The van der Waals surface area contributed by atoms with Crippen LogP contribution in [0.15, 0.2) is 23.0 Å². The summed E-state index contributed by atoms with van der Waals surface area (Å²) in [5.41, 5.74) is 0.648. The van der Waals surface area contributed by atoms with Crippen molar-refractivity contribution in [3.8, 4) is 0 Å². The summed E-state index contributed by atoms with van der Waals surface area (Å²) in [5.74, 6) is 1.79. The van der Waals surface area contributed by atoms with E-state index in [1.807, 2.05) is 16.7 Å². The number of amides is 1. The molecule has 0 saturated carbocycles. The van der Waals surface area contributed by atoms with Crippen molar-refractivity contribution in [3.63, 3.8) is 0 Å². The first-order valence-corrected chi connectivity index (χ1v) is 9.37. The number of furan rings is 1. The van der Waals surface area contributed by atoms with Gasteiger partial charge in [-0.25, -0.2) is 0 Å². The second-order valence-corrected chi connectivity index (χ2v) is 8.37. The number of rotatable bonds is 4. The van der Waals surface area contributed by atoms with E-state index in [0.29, 0.717) is 17.6 Å². The highest BCUT2D eigenvalue weighted by Crippen LogP contribution is 2.46. The summed E-state index contributed by atoms with van der Waals surface area (Å²) in [6.07, 6.45) is 6.72. The maximum Gasteiger partial charge on any atom is 0.257 e. The molecule has 1 amide bonds. The molecule has 1 aromatic heterocycles. The van der Waals surface area contributed by atoms with Crippen LogP contribution in [0.3, 0.4) is 0 Å². The third-order valence-corrected chi connectivity index (χ3v) is 6.67. The topological polar surface area (TPSA) is 51.9 Å². The Kier molecular flexibility index (Phi) is 4.39. The highest BCUT2D eigenvalue weighted by Gasteiger charge is 2.51. The Labute approximate surface area is 140 Å². The minimum absolute atomic E-state index is 0.0801. The fraction of sp³-hybridized carbons (Fsp3) is 0.706. The molecule has 126 valence electrons. The summed E-state index contributed by atoms with van der Waals surface area (Å²) in [5, 5.41) is 0. The van der Waals surface area contributed by atoms with Crippen molar-refractivity contribution in [1.82, 2.24) is 4.90 Å². The number of hydrogen-bond acceptors (Lipinski definition) is 5. The number of nitrogens with zero attached hydrogens (tertiary/aromatic N) is 1. The van der Waals surface area contributed by atoms with E-state index in [1.165, 1.54) is 6.26 Å². The zero-order valence-electron chi connectivity index (χ0n) is 13.2. The van der Waals surface area contributed by atoms with Crippen LogP contribution in [0.5, 0.6) is 0 Å². The molecule has 6 heteroatoms. The molecular formula is C17H23NO4S. The van der Waals surface area contributed by atoms with E-state index in [2.05, 4.69) is 0 Å². The highest BCUT2D eigenvalue weighted by atomic mass is 32.2. The van der Waals surface area contributed by atoms with Gasteiger partial charge in [-0.2, -0.15) is 0 Å². The number of ether oxygens (including phenoxy) is 2. The quantitative estimate of drug-likeness (QED) is 0.844. The smallest absolute Gasteiger partial charge is 0.257 e. The van der Waals surface area contributed by atoms with Crippen molar-refractivity contribution < 1.29 is 18.7 Å². The van der Waals surface area contributed by atoms with Gasteiger partial charge in [-0.05, 0) is 31.2 Å². The predicted octanol–water partition coefficient (Wildman–Crippen LogP) is 2.42. The molecule has 3 saturated heterocycles. The van der Waals surface area contributed by atoms with Gasteiger partial charge in [0.15, 0.2) is 0 Å². The van der Waals surface area contributed by atoms with E-state index >= 15 is 0 Å². The van der Waals surface area contributed by atoms with Gasteiger partial charge in [0, 0.05) is 38.7 Å². The van der Waals surface area contributed by atoms with E-state index < -0.39 is 0 Å². The lowest BCUT2D eigenvalue weighted by molar-refractivity contribution is -0.0118. The minimum atomic E-state index is 0.0801. The Morgan fingerprint density at radius 2 is 2.22 bits per heavy atom. The molecule has 0 radical (unpaired) electrons. The fourth-order valence-electron chi connectivity index (χ4n) is 3.68. The molecule has 1 aromatic rings. The first-order valence-electron chi connectivity index (χ1n) is 8.39. The zero-order chi connectivity index (χ0) is 15.7. The van der Waals surface area contributed by atoms with E-state index in [9.17, 15) is 4.79 Å². The first kappa shape index (κ1) is 15.5. The number of hydrogen-bond donors (Lipinski definition) is 0. The van der Waals surface area contributed by atoms with Gasteiger partial charge in [0.2, 0.25) is 0 Å². The van der Waals surface area contributed by atoms with Gasteiger partial charge in [0.25, 0.3) is 5.91 Å². The van der Waals surface area contributed by atoms with Gasteiger partial charge in [-0.3, -0.25) is 4.79 Å². The molecule has 3 aliphatic rings. The zero-order valence-corrected chi connectivity index (χ0v) is 14.1.